The van der Waals surface area contributed by atoms with Crippen molar-refractivity contribution in [3.8, 4) is 0 Å². The molecule has 5 nitrogen and oxygen atoms in total. The van der Waals surface area contributed by atoms with Crippen LogP contribution in [0.2, 0.25) is 0 Å². The Morgan fingerprint density at radius 3 is 2.67 bits per heavy atom. The highest BCUT2D eigenvalue weighted by Gasteiger charge is 2.11. The van der Waals surface area contributed by atoms with Crippen molar-refractivity contribution < 1.29 is 16.2 Å². The largest absolute Gasteiger partial charge is 0.388 e. The second kappa shape index (κ2) is 4.65. The van der Waals surface area contributed by atoms with Gasteiger partial charge in [0, 0.05) is 19.9 Å². The summed E-state index contributed by atoms with van der Waals surface area (Å²) in [6.07, 6.45) is -1.14. The predicted molar refractivity (Wildman–Crippen MR) is 53.4 cm³/mol. The summed E-state index contributed by atoms with van der Waals surface area (Å²) >= 11 is 0. The van der Waals surface area contributed by atoms with Gasteiger partial charge >= 0.3 is 0 Å². The highest BCUT2D eigenvalue weighted by Crippen LogP contribution is 2.20. The van der Waals surface area contributed by atoms with Crippen LogP contribution in [0.3, 0.4) is 0 Å². The number of carbonyl (C=O) groups is 1. The van der Waals surface area contributed by atoms with Gasteiger partial charge in [-0.25, -0.2) is 0 Å². The Morgan fingerprint density at radius 2 is 2.20 bits per heavy atom. The first kappa shape index (κ1) is 9.79. The van der Waals surface area contributed by atoms with Gasteiger partial charge in [0.2, 0.25) is 0 Å². The van der Waals surface area contributed by atoms with Crippen LogP contribution in [0.1, 0.15) is 26.4 Å². The number of hydrogen-bond donors (Lipinski definition) is 1. The number of nitro benzene ring substituents is 1. The van der Waals surface area contributed by atoms with Gasteiger partial charge in [0.15, 0.2) is 0 Å². The molecule has 1 rings (SSSR count). The normalized spacial score (nSPS) is 13.0. The monoisotopic (exact) mass is 210 g/mol. The molecule has 0 heterocycles. The zero-order chi connectivity index (χ0) is 12.1. The van der Waals surface area contributed by atoms with Crippen molar-refractivity contribution in [1.29, 1.82) is 0 Å². The van der Waals surface area contributed by atoms with Crippen molar-refractivity contribution in [2.75, 3.05) is 0 Å². The number of hydrogen-bond acceptors (Lipinski definition) is 4. The molecule has 0 amide bonds. The third-order valence-corrected chi connectivity index (χ3v) is 1.91. The molecule has 0 aliphatic rings. The Morgan fingerprint density at radius 1 is 1.60 bits per heavy atom. The number of nitrogens with zero attached hydrogens (tertiary/aromatic N) is 1. The maximum atomic E-state index is 10.9. The van der Waals surface area contributed by atoms with Gasteiger partial charge in [0.25, 0.3) is 5.69 Å². The van der Waals surface area contributed by atoms with Crippen molar-refractivity contribution in [1.82, 2.24) is 0 Å². The van der Waals surface area contributed by atoms with Crippen molar-refractivity contribution in [2.24, 2.45) is 0 Å². The molecule has 15 heavy (non-hydrogen) atoms. The molecule has 5 heteroatoms. The first-order valence-corrected chi connectivity index (χ1v) is 4.28. The SMILES string of the molecule is [2H]CC(=O)CC(O)c1ccc([N+](=O)[O-])cc1. The van der Waals surface area contributed by atoms with E-state index in [1.165, 1.54) is 24.3 Å². The molecule has 0 aromatic heterocycles. The van der Waals surface area contributed by atoms with Crippen LogP contribution < -0.4 is 0 Å². The van der Waals surface area contributed by atoms with E-state index in [4.69, 9.17) is 1.37 Å². The standard InChI is InChI=1S/C10H11NO4/c1-7(12)6-10(13)8-2-4-9(5-3-8)11(14)15/h2-5,10,13H,6H2,1H3/i1D. The fourth-order valence-electron chi connectivity index (χ4n) is 1.15. The van der Waals surface area contributed by atoms with E-state index in [9.17, 15) is 20.0 Å². The second-order valence-corrected chi connectivity index (χ2v) is 3.11. The van der Waals surface area contributed by atoms with Crippen LogP contribution in [0, 0.1) is 10.1 Å². The number of non-ortho nitro benzene ring substituents is 1. The van der Waals surface area contributed by atoms with Gasteiger partial charge in [-0.05, 0) is 24.6 Å². The summed E-state index contributed by atoms with van der Waals surface area (Å²) in [5.74, 6) is -0.370. The fourth-order valence-corrected chi connectivity index (χ4v) is 1.15. The van der Waals surface area contributed by atoms with Gasteiger partial charge in [0.05, 0.1) is 11.0 Å². The van der Waals surface area contributed by atoms with Crippen LogP contribution in [0.4, 0.5) is 5.69 Å². The molecule has 1 N–H and O–H groups in total. The van der Waals surface area contributed by atoms with Crippen LogP contribution in [0.25, 0.3) is 0 Å². The minimum atomic E-state index is -1.00. The Bertz CT molecular complexity index is 390. The van der Waals surface area contributed by atoms with Crippen LogP contribution in [0.15, 0.2) is 24.3 Å². The molecule has 0 saturated heterocycles. The smallest absolute Gasteiger partial charge is 0.269 e. The zero-order valence-electron chi connectivity index (χ0n) is 8.92. The highest BCUT2D eigenvalue weighted by atomic mass is 16.6. The number of carbonyl (C=O) groups excluding carboxylic acids is 1. The molecule has 1 aromatic rings. The number of rotatable bonds is 4. The summed E-state index contributed by atoms with van der Waals surface area (Å²) in [5.41, 5.74) is 0.371. The molecule has 0 radical (unpaired) electrons. The lowest BCUT2D eigenvalue weighted by Crippen LogP contribution is -2.03. The topological polar surface area (TPSA) is 80.4 Å². The predicted octanol–water partition coefficient (Wildman–Crippen LogP) is 1.61. The average Bonchev–Trinajstić information content (AvgIpc) is 2.28. The zero-order valence-corrected chi connectivity index (χ0v) is 7.92. The minimum absolute atomic E-state index is 0.0669. The number of ketones is 1. The van der Waals surface area contributed by atoms with Crippen molar-refractivity contribution in [2.45, 2.75) is 19.4 Å². The Kier molecular flexibility index (Phi) is 3.04. The minimum Gasteiger partial charge on any atom is -0.388 e. The molecule has 0 bridgehead atoms. The maximum Gasteiger partial charge on any atom is 0.269 e. The Balaban J connectivity index is 2.73. The molecule has 0 spiro atoms. The molecular formula is C10H11NO4. The van der Waals surface area contributed by atoms with Gasteiger partial charge in [-0.1, -0.05) is 0 Å². The van der Waals surface area contributed by atoms with Crippen molar-refractivity contribution in [3.63, 3.8) is 0 Å². The summed E-state index contributed by atoms with van der Waals surface area (Å²) in [7, 11) is 0. The molecule has 1 atom stereocenters. The number of nitro groups is 1. The summed E-state index contributed by atoms with van der Waals surface area (Å²) in [6.45, 7) is -0.371. The van der Waals surface area contributed by atoms with E-state index in [0.717, 1.165) is 0 Å². The van der Waals surface area contributed by atoms with Crippen LogP contribution in [-0.4, -0.2) is 15.8 Å². The summed E-state index contributed by atoms with van der Waals surface area (Å²) in [4.78, 5) is 20.7. The quantitative estimate of drug-likeness (QED) is 0.604. The first-order chi connectivity index (χ1) is 7.54. The molecule has 80 valence electrons. The number of aliphatic hydroxyl groups excluding tert-OH is 1. The van der Waals surface area contributed by atoms with E-state index < -0.39 is 11.0 Å². The van der Waals surface area contributed by atoms with Gasteiger partial charge in [0.1, 0.15) is 5.78 Å². The van der Waals surface area contributed by atoms with E-state index in [1.807, 2.05) is 0 Å². The molecule has 1 unspecified atom stereocenters. The van der Waals surface area contributed by atoms with E-state index >= 15 is 0 Å². The summed E-state index contributed by atoms with van der Waals surface area (Å²) in [6, 6.07) is 5.34. The van der Waals surface area contributed by atoms with Gasteiger partial charge in [-0.3, -0.25) is 14.9 Å². The molecule has 0 aliphatic heterocycles. The van der Waals surface area contributed by atoms with Gasteiger partial charge in [-0.15, -0.1) is 0 Å². The Hall–Kier alpha value is -1.75. The fraction of sp³-hybridized carbons (Fsp3) is 0.300. The van der Waals surface area contributed by atoms with Gasteiger partial charge < -0.3 is 5.11 Å². The van der Waals surface area contributed by atoms with E-state index in [1.54, 1.807) is 0 Å². The second-order valence-electron chi connectivity index (χ2n) is 3.11. The summed E-state index contributed by atoms with van der Waals surface area (Å²) < 4.78 is 6.80. The van der Waals surface area contributed by atoms with Crippen LogP contribution in [-0.2, 0) is 4.79 Å². The molecule has 0 saturated carbocycles. The molecular weight excluding hydrogens is 198 g/mol. The highest BCUT2D eigenvalue weighted by molar-refractivity contribution is 5.76. The van der Waals surface area contributed by atoms with Crippen molar-refractivity contribution >= 4 is 11.5 Å². The Labute approximate surface area is 87.9 Å². The van der Waals surface area contributed by atoms with Crippen LogP contribution in [0.5, 0.6) is 0 Å². The maximum absolute atomic E-state index is 10.9. The number of benzene rings is 1. The average molecular weight is 210 g/mol. The third kappa shape index (κ3) is 3.14. The number of aliphatic hydroxyl groups is 1. The van der Waals surface area contributed by atoms with Crippen molar-refractivity contribution in [3.05, 3.63) is 39.9 Å². The lowest BCUT2D eigenvalue weighted by molar-refractivity contribution is -0.384. The summed E-state index contributed by atoms with van der Waals surface area (Å²) in [5, 5.41) is 19.9. The lowest BCUT2D eigenvalue weighted by Gasteiger charge is -2.07. The molecule has 0 fully saturated rings. The third-order valence-electron chi connectivity index (χ3n) is 1.91. The number of Topliss-reactive ketones (excluding diaryl/α,β-unsaturated/α-hetero) is 1. The molecule has 1 aromatic carbocycles. The lowest BCUT2D eigenvalue weighted by atomic mass is 10.0. The first-order valence-electron chi connectivity index (χ1n) is 4.98. The van der Waals surface area contributed by atoms with E-state index in [2.05, 4.69) is 0 Å². The van der Waals surface area contributed by atoms with E-state index in [-0.39, 0.29) is 24.8 Å². The van der Waals surface area contributed by atoms with Gasteiger partial charge in [-0.2, -0.15) is 0 Å². The van der Waals surface area contributed by atoms with E-state index in [0.29, 0.717) is 5.56 Å². The molecule has 0 aliphatic carbocycles. The van der Waals surface area contributed by atoms with Crippen LogP contribution >= 0.6 is 0 Å².